The number of nitrogens with zero attached hydrogens (tertiary/aromatic N) is 1. The number of benzene rings is 1. The summed E-state index contributed by atoms with van der Waals surface area (Å²) in [4.78, 5) is 18.1. The minimum absolute atomic E-state index is 0.0665. The fraction of sp³-hybridized carbons (Fsp3) is 0.500. The van der Waals surface area contributed by atoms with Gasteiger partial charge in [-0.15, -0.1) is 11.3 Å². The largest absolute Gasteiger partial charge is 0.484 e. The van der Waals surface area contributed by atoms with Gasteiger partial charge < -0.3 is 10.1 Å². The van der Waals surface area contributed by atoms with Crippen LogP contribution in [0, 0.1) is 0 Å². The van der Waals surface area contributed by atoms with Gasteiger partial charge in [0, 0.05) is 17.8 Å². The molecule has 3 rings (SSSR count). The van der Waals surface area contributed by atoms with Gasteiger partial charge in [0.1, 0.15) is 5.75 Å². The number of nitrogens with one attached hydrogen (secondary N) is 1. The average Bonchev–Trinajstić information content (AvgIpc) is 3.07. The molecule has 4 nitrogen and oxygen atoms in total. The number of hydrogen-bond acceptors (Lipinski definition) is 4. The molecule has 2 aromatic rings. The maximum Gasteiger partial charge on any atom is 0.257 e. The summed E-state index contributed by atoms with van der Waals surface area (Å²) in [5.74, 6) is 0.665. The molecule has 0 unspecified atom stereocenters. The van der Waals surface area contributed by atoms with E-state index in [-0.39, 0.29) is 12.5 Å². The molecular weight excluding hydrogens is 332 g/mol. The van der Waals surface area contributed by atoms with E-state index in [4.69, 9.17) is 9.72 Å². The van der Waals surface area contributed by atoms with Gasteiger partial charge in [-0.05, 0) is 56.2 Å². The standard InChI is InChI=1S/C20H26N2O2S/c1-2-15-9-11-16(12-10-15)24-14-19(23)21-13-5-8-20-22-17-6-3-4-7-18(17)25-20/h9-12H,2-8,13-14H2,1H3,(H,21,23). The summed E-state index contributed by atoms with van der Waals surface area (Å²) >= 11 is 1.86. The molecule has 1 amide bonds. The Balaban J connectivity index is 1.33. The monoisotopic (exact) mass is 358 g/mol. The predicted molar refractivity (Wildman–Crippen MR) is 101 cm³/mol. The smallest absolute Gasteiger partial charge is 0.257 e. The van der Waals surface area contributed by atoms with E-state index in [9.17, 15) is 4.79 Å². The van der Waals surface area contributed by atoms with E-state index in [0.29, 0.717) is 6.54 Å². The number of carbonyl (C=O) groups is 1. The first-order chi connectivity index (χ1) is 12.2. The van der Waals surface area contributed by atoms with Crippen molar-refractivity contribution in [2.45, 2.75) is 51.9 Å². The van der Waals surface area contributed by atoms with Gasteiger partial charge in [0.2, 0.25) is 0 Å². The molecule has 1 N–H and O–H groups in total. The zero-order valence-electron chi connectivity index (χ0n) is 14.8. The second-order valence-corrected chi connectivity index (χ2v) is 7.59. The summed E-state index contributed by atoms with van der Waals surface area (Å²) in [6.07, 6.45) is 7.77. The van der Waals surface area contributed by atoms with Crippen LogP contribution in [0.2, 0.25) is 0 Å². The highest BCUT2D eigenvalue weighted by Gasteiger charge is 2.14. The summed E-state index contributed by atoms with van der Waals surface area (Å²) < 4.78 is 5.52. The molecule has 1 aromatic heterocycles. The third kappa shape index (κ3) is 5.30. The molecule has 0 spiro atoms. The van der Waals surface area contributed by atoms with Crippen LogP contribution in [0.3, 0.4) is 0 Å². The number of rotatable bonds is 8. The third-order valence-electron chi connectivity index (χ3n) is 4.48. The molecule has 0 saturated carbocycles. The van der Waals surface area contributed by atoms with Crippen molar-refractivity contribution in [1.29, 1.82) is 0 Å². The third-order valence-corrected chi connectivity index (χ3v) is 5.70. The molecule has 0 atom stereocenters. The van der Waals surface area contributed by atoms with E-state index < -0.39 is 0 Å². The van der Waals surface area contributed by atoms with E-state index in [1.807, 2.05) is 35.6 Å². The van der Waals surface area contributed by atoms with Crippen LogP contribution in [0.15, 0.2) is 24.3 Å². The fourth-order valence-corrected chi connectivity index (χ4v) is 4.20. The number of thiazole rings is 1. The average molecular weight is 359 g/mol. The Morgan fingerprint density at radius 1 is 1.24 bits per heavy atom. The van der Waals surface area contributed by atoms with Crippen molar-refractivity contribution in [2.24, 2.45) is 0 Å². The summed E-state index contributed by atoms with van der Waals surface area (Å²) in [7, 11) is 0. The zero-order chi connectivity index (χ0) is 17.5. The lowest BCUT2D eigenvalue weighted by Crippen LogP contribution is -2.29. The maximum atomic E-state index is 11.9. The van der Waals surface area contributed by atoms with Gasteiger partial charge in [-0.3, -0.25) is 4.79 Å². The number of aromatic nitrogens is 1. The van der Waals surface area contributed by atoms with Crippen molar-refractivity contribution in [1.82, 2.24) is 10.3 Å². The maximum absolute atomic E-state index is 11.9. The minimum Gasteiger partial charge on any atom is -0.484 e. The molecule has 25 heavy (non-hydrogen) atoms. The van der Waals surface area contributed by atoms with Crippen LogP contribution in [0.1, 0.15) is 47.3 Å². The van der Waals surface area contributed by atoms with Crippen LogP contribution < -0.4 is 10.1 Å². The molecule has 5 heteroatoms. The Morgan fingerprint density at radius 2 is 2.04 bits per heavy atom. The molecule has 1 aromatic carbocycles. The van der Waals surface area contributed by atoms with Crippen molar-refractivity contribution in [3.63, 3.8) is 0 Å². The van der Waals surface area contributed by atoms with Crippen molar-refractivity contribution >= 4 is 17.2 Å². The summed E-state index contributed by atoms with van der Waals surface area (Å²) in [6.45, 7) is 2.85. The summed E-state index contributed by atoms with van der Waals surface area (Å²) in [5, 5.41) is 4.14. The lowest BCUT2D eigenvalue weighted by Gasteiger charge is -2.07. The van der Waals surface area contributed by atoms with Crippen molar-refractivity contribution in [3.05, 3.63) is 45.4 Å². The number of aryl methyl sites for hydroxylation is 4. The van der Waals surface area contributed by atoms with E-state index in [2.05, 4.69) is 12.2 Å². The first-order valence-corrected chi connectivity index (χ1v) is 10.0. The Labute approximate surface area is 153 Å². The van der Waals surface area contributed by atoms with E-state index >= 15 is 0 Å². The number of carbonyl (C=O) groups excluding carboxylic acids is 1. The second kappa shape index (κ2) is 8.99. The topological polar surface area (TPSA) is 51.2 Å². The van der Waals surface area contributed by atoms with E-state index in [0.717, 1.165) is 31.4 Å². The van der Waals surface area contributed by atoms with Crippen LogP contribution >= 0.6 is 11.3 Å². The van der Waals surface area contributed by atoms with E-state index in [1.165, 1.54) is 40.4 Å². The molecular formula is C20H26N2O2S. The van der Waals surface area contributed by atoms with Crippen LogP contribution in [-0.2, 0) is 30.5 Å². The molecule has 1 heterocycles. The number of fused-ring (bicyclic) bond motifs is 1. The number of amides is 1. The molecule has 0 bridgehead atoms. The van der Waals surface area contributed by atoms with E-state index in [1.54, 1.807) is 0 Å². The molecule has 0 aliphatic heterocycles. The van der Waals surface area contributed by atoms with Gasteiger partial charge in [0.25, 0.3) is 5.91 Å². The highest BCUT2D eigenvalue weighted by molar-refractivity contribution is 7.11. The Kier molecular flexibility index (Phi) is 6.45. The summed E-state index contributed by atoms with van der Waals surface area (Å²) in [6, 6.07) is 7.88. The molecule has 0 saturated heterocycles. The van der Waals surface area contributed by atoms with Crippen molar-refractivity contribution in [3.8, 4) is 5.75 Å². The van der Waals surface area contributed by atoms with Crippen LogP contribution in [-0.4, -0.2) is 24.0 Å². The number of ether oxygens (including phenoxy) is 1. The molecule has 1 aliphatic rings. The van der Waals surface area contributed by atoms with Crippen molar-refractivity contribution < 1.29 is 9.53 Å². The molecule has 0 fully saturated rings. The first kappa shape index (κ1) is 17.9. The van der Waals surface area contributed by atoms with Gasteiger partial charge in [-0.2, -0.15) is 0 Å². The second-order valence-electron chi connectivity index (χ2n) is 6.42. The Morgan fingerprint density at radius 3 is 2.80 bits per heavy atom. The minimum atomic E-state index is -0.0713. The van der Waals surface area contributed by atoms with Gasteiger partial charge in [0.05, 0.1) is 10.7 Å². The normalized spacial score (nSPS) is 13.3. The Hall–Kier alpha value is -1.88. The zero-order valence-corrected chi connectivity index (χ0v) is 15.7. The Bertz CT molecular complexity index is 671. The lowest BCUT2D eigenvalue weighted by molar-refractivity contribution is -0.123. The SMILES string of the molecule is CCc1ccc(OCC(=O)NCCCc2nc3c(s2)CCCC3)cc1. The van der Waals surface area contributed by atoms with Crippen LogP contribution in [0.25, 0.3) is 0 Å². The highest BCUT2D eigenvalue weighted by atomic mass is 32.1. The van der Waals surface area contributed by atoms with Crippen molar-refractivity contribution in [2.75, 3.05) is 13.2 Å². The summed E-state index contributed by atoms with van der Waals surface area (Å²) in [5.41, 5.74) is 2.58. The van der Waals surface area contributed by atoms with Crippen LogP contribution in [0.5, 0.6) is 5.75 Å². The fourth-order valence-electron chi connectivity index (χ4n) is 3.00. The van der Waals surface area contributed by atoms with Gasteiger partial charge >= 0.3 is 0 Å². The highest BCUT2D eigenvalue weighted by Crippen LogP contribution is 2.27. The van der Waals surface area contributed by atoms with Crippen LogP contribution in [0.4, 0.5) is 0 Å². The predicted octanol–water partition coefficient (Wildman–Crippen LogP) is 3.71. The first-order valence-electron chi connectivity index (χ1n) is 9.20. The molecule has 0 radical (unpaired) electrons. The van der Waals surface area contributed by atoms with Gasteiger partial charge in [-0.25, -0.2) is 4.98 Å². The quantitative estimate of drug-likeness (QED) is 0.732. The van der Waals surface area contributed by atoms with Gasteiger partial charge in [-0.1, -0.05) is 19.1 Å². The van der Waals surface area contributed by atoms with Gasteiger partial charge in [0.15, 0.2) is 6.61 Å². The molecule has 1 aliphatic carbocycles. The number of hydrogen-bond donors (Lipinski definition) is 1. The molecule has 134 valence electrons. The lowest BCUT2D eigenvalue weighted by atomic mass is 10.0.